The zero-order valence-electron chi connectivity index (χ0n) is 16.3. The van der Waals surface area contributed by atoms with Gasteiger partial charge in [0.15, 0.2) is 0 Å². The van der Waals surface area contributed by atoms with Gasteiger partial charge in [0.25, 0.3) is 11.7 Å². The first-order chi connectivity index (χ1) is 14.4. The summed E-state index contributed by atoms with van der Waals surface area (Å²) in [5, 5.41) is 4.81. The molecule has 4 nitrogen and oxygen atoms in total. The minimum Gasteiger partial charge on any atom is -0.346 e. The second-order valence-electron chi connectivity index (χ2n) is 7.68. The molecule has 1 aromatic heterocycles. The van der Waals surface area contributed by atoms with Crippen LogP contribution in [0, 0.1) is 0 Å². The number of carbonyl (C=O) groups excluding carboxylic acids is 2. The quantitative estimate of drug-likeness (QED) is 0.357. The molecular weight excluding hydrogens is 443 g/mol. The molecule has 0 radical (unpaired) electrons. The summed E-state index contributed by atoms with van der Waals surface area (Å²) < 4.78 is 1.82. The van der Waals surface area contributed by atoms with E-state index in [-0.39, 0.29) is 16.8 Å². The van der Waals surface area contributed by atoms with Gasteiger partial charge in [0, 0.05) is 28.0 Å². The third-order valence-electron chi connectivity index (χ3n) is 5.59. The minimum absolute atomic E-state index is 0.0416. The zero-order valence-corrected chi connectivity index (χ0v) is 18.5. The van der Waals surface area contributed by atoms with Gasteiger partial charge in [-0.3, -0.25) is 9.59 Å². The Hall–Kier alpha value is -2.01. The van der Waals surface area contributed by atoms with Gasteiger partial charge in [-0.25, -0.2) is 0 Å². The number of nitrogens with one attached hydrogen (secondary N) is 1. The first kappa shape index (κ1) is 21.2. The number of nitrogens with zero attached hydrogens (tertiary/aromatic N) is 1. The number of hydrogen-bond acceptors (Lipinski definition) is 2. The van der Waals surface area contributed by atoms with Crippen molar-refractivity contribution in [2.24, 2.45) is 0 Å². The molecule has 0 unspecified atom stereocenters. The summed E-state index contributed by atoms with van der Waals surface area (Å²) in [5.74, 6) is -1.25. The SMILES string of the molecule is O=C(NC1CCCCC1)C(=O)c1c(Cl)n(Cc2ccc(Cl)cc2)c2ccc(Cl)cc12. The number of Topliss-reactive ketones (excluding diaryl/α,β-unsaturated/α-hetero) is 1. The number of carbonyl (C=O) groups is 2. The number of ketones is 1. The zero-order chi connectivity index (χ0) is 21.3. The van der Waals surface area contributed by atoms with Crippen LogP contribution in [0.15, 0.2) is 42.5 Å². The highest BCUT2D eigenvalue weighted by atomic mass is 35.5. The molecule has 4 rings (SSSR count). The molecule has 1 fully saturated rings. The molecule has 1 heterocycles. The summed E-state index contributed by atoms with van der Waals surface area (Å²) in [6.07, 6.45) is 5.10. The van der Waals surface area contributed by atoms with E-state index >= 15 is 0 Å². The molecule has 0 atom stereocenters. The molecule has 2 aromatic carbocycles. The van der Waals surface area contributed by atoms with Crippen molar-refractivity contribution in [1.29, 1.82) is 0 Å². The Bertz CT molecular complexity index is 1100. The summed E-state index contributed by atoms with van der Waals surface area (Å²) in [6, 6.07) is 12.7. The molecule has 30 heavy (non-hydrogen) atoms. The third kappa shape index (κ3) is 4.36. The third-order valence-corrected chi connectivity index (χ3v) is 6.47. The standard InChI is InChI=1S/C23H21Cl3N2O2/c24-15-8-6-14(7-9-15)13-28-19-11-10-16(25)12-18(19)20(22(28)26)21(29)23(30)27-17-4-2-1-3-5-17/h6-12,17H,1-5,13H2,(H,27,30). The summed E-state index contributed by atoms with van der Waals surface area (Å²) >= 11 is 18.8. The Morgan fingerprint density at radius 3 is 2.30 bits per heavy atom. The van der Waals surface area contributed by atoms with Gasteiger partial charge in [0.05, 0.1) is 11.1 Å². The molecule has 1 aliphatic rings. The summed E-state index contributed by atoms with van der Waals surface area (Å²) in [6.45, 7) is 0.436. The van der Waals surface area contributed by atoms with Crippen molar-refractivity contribution in [3.63, 3.8) is 0 Å². The van der Waals surface area contributed by atoms with Crippen LogP contribution >= 0.6 is 34.8 Å². The Labute approximate surface area is 190 Å². The molecule has 156 valence electrons. The van der Waals surface area contributed by atoms with E-state index in [1.807, 2.05) is 22.8 Å². The lowest BCUT2D eigenvalue weighted by Gasteiger charge is -2.22. The average Bonchev–Trinajstić information content (AvgIpc) is 3.00. The number of fused-ring (bicyclic) bond motifs is 1. The van der Waals surface area contributed by atoms with Crippen molar-refractivity contribution in [1.82, 2.24) is 9.88 Å². The van der Waals surface area contributed by atoms with Gasteiger partial charge in [-0.2, -0.15) is 0 Å². The number of amides is 1. The second kappa shape index (κ2) is 9.01. The molecule has 0 saturated heterocycles. The summed E-state index contributed by atoms with van der Waals surface area (Å²) in [7, 11) is 0. The van der Waals surface area contributed by atoms with Gasteiger partial charge in [-0.05, 0) is 48.7 Å². The minimum atomic E-state index is -0.632. The number of hydrogen-bond donors (Lipinski definition) is 1. The fourth-order valence-corrected chi connectivity index (χ4v) is 4.69. The molecular formula is C23H21Cl3N2O2. The molecule has 0 bridgehead atoms. The Morgan fingerprint density at radius 2 is 1.60 bits per heavy atom. The van der Waals surface area contributed by atoms with Crippen LogP contribution in [0.5, 0.6) is 0 Å². The van der Waals surface area contributed by atoms with E-state index in [0.717, 1.165) is 36.8 Å². The lowest BCUT2D eigenvalue weighted by atomic mass is 9.95. The highest BCUT2D eigenvalue weighted by Gasteiger charge is 2.28. The molecule has 0 aliphatic heterocycles. The summed E-state index contributed by atoms with van der Waals surface area (Å²) in [4.78, 5) is 25.8. The van der Waals surface area contributed by atoms with Crippen LogP contribution in [0.4, 0.5) is 0 Å². The van der Waals surface area contributed by atoms with Gasteiger partial charge < -0.3 is 9.88 Å². The molecule has 7 heteroatoms. The van der Waals surface area contributed by atoms with Crippen molar-refractivity contribution in [2.45, 2.75) is 44.7 Å². The molecule has 1 saturated carbocycles. The first-order valence-electron chi connectivity index (χ1n) is 10.0. The van der Waals surface area contributed by atoms with Gasteiger partial charge in [-0.1, -0.05) is 66.2 Å². The van der Waals surface area contributed by atoms with Crippen LogP contribution in [0.25, 0.3) is 10.9 Å². The predicted octanol–water partition coefficient (Wildman–Crippen LogP) is 6.28. The number of halogens is 3. The van der Waals surface area contributed by atoms with Crippen molar-refractivity contribution >= 4 is 57.4 Å². The van der Waals surface area contributed by atoms with Crippen molar-refractivity contribution in [2.75, 3.05) is 0 Å². The fraction of sp³-hybridized carbons (Fsp3) is 0.304. The van der Waals surface area contributed by atoms with Crippen LogP contribution in [-0.4, -0.2) is 22.3 Å². The van der Waals surface area contributed by atoms with E-state index in [0.29, 0.717) is 22.0 Å². The van der Waals surface area contributed by atoms with Crippen LogP contribution in [-0.2, 0) is 11.3 Å². The van der Waals surface area contributed by atoms with E-state index in [4.69, 9.17) is 34.8 Å². The maximum absolute atomic E-state index is 13.1. The van der Waals surface area contributed by atoms with Gasteiger partial charge in [-0.15, -0.1) is 0 Å². The molecule has 1 amide bonds. The predicted molar refractivity (Wildman–Crippen MR) is 122 cm³/mol. The normalized spacial score (nSPS) is 14.8. The van der Waals surface area contributed by atoms with E-state index in [1.165, 1.54) is 6.42 Å². The van der Waals surface area contributed by atoms with Crippen LogP contribution in [0.2, 0.25) is 15.2 Å². The van der Waals surface area contributed by atoms with Gasteiger partial charge >= 0.3 is 0 Å². The molecule has 3 aromatic rings. The van der Waals surface area contributed by atoms with Gasteiger partial charge in [0.2, 0.25) is 0 Å². The topological polar surface area (TPSA) is 51.1 Å². The fourth-order valence-electron chi connectivity index (χ4n) is 4.05. The molecule has 0 spiro atoms. The first-order valence-corrected chi connectivity index (χ1v) is 11.1. The smallest absolute Gasteiger partial charge is 0.292 e. The Morgan fingerprint density at radius 1 is 0.933 bits per heavy atom. The van der Waals surface area contributed by atoms with Crippen LogP contribution in [0.1, 0.15) is 48.0 Å². The van der Waals surface area contributed by atoms with E-state index in [2.05, 4.69) is 5.32 Å². The highest BCUT2D eigenvalue weighted by molar-refractivity contribution is 6.49. The maximum atomic E-state index is 13.1. The Kier molecular flexibility index (Phi) is 6.37. The second-order valence-corrected chi connectivity index (χ2v) is 8.91. The monoisotopic (exact) mass is 462 g/mol. The number of aromatic nitrogens is 1. The number of rotatable bonds is 5. The highest BCUT2D eigenvalue weighted by Crippen LogP contribution is 2.33. The van der Waals surface area contributed by atoms with Crippen molar-refractivity contribution in [3.05, 3.63) is 68.8 Å². The largest absolute Gasteiger partial charge is 0.346 e. The Balaban J connectivity index is 1.70. The maximum Gasteiger partial charge on any atom is 0.292 e. The molecule has 1 aliphatic carbocycles. The van der Waals surface area contributed by atoms with E-state index < -0.39 is 11.7 Å². The van der Waals surface area contributed by atoms with E-state index in [1.54, 1.807) is 24.3 Å². The van der Waals surface area contributed by atoms with Crippen molar-refractivity contribution < 1.29 is 9.59 Å². The van der Waals surface area contributed by atoms with Crippen LogP contribution in [0.3, 0.4) is 0 Å². The van der Waals surface area contributed by atoms with E-state index in [9.17, 15) is 9.59 Å². The van der Waals surface area contributed by atoms with Gasteiger partial charge in [0.1, 0.15) is 5.15 Å². The lowest BCUT2D eigenvalue weighted by molar-refractivity contribution is -0.117. The summed E-state index contributed by atoms with van der Waals surface area (Å²) in [5.41, 5.74) is 1.91. The van der Waals surface area contributed by atoms with Crippen LogP contribution < -0.4 is 5.32 Å². The average molecular weight is 464 g/mol. The molecule has 1 N–H and O–H groups in total. The number of benzene rings is 2. The van der Waals surface area contributed by atoms with Crippen molar-refractivity contribution in [3.8, 4) is 0 Å². The lowest BCUT2D eigenvalue weighted by Crippen LogP contribution is -2.40.